The van der Waals surface area contributed by atoms with Crippen LogP contribution in [0.4, 0.5) is 8.78 Å². The van der Waals surface area contributed by atoms with Gasteiger partial charge in [0.2, 0.25) is 6.79 Å². The number of ether oxygens (including phenoxy) is 5. The van der Waals surface area contributed by atoms with Crippen LogP contribution in [-0.2, 0) is 16.0 Å². The summed E-state index contributed by atoms with van der Waals surface area (Å²) in [5, 5.41) is 6.25. The summed E-state index contributed by atoms with van der Waals surface area (Å²) < 4.78 is 51.7. The molecule has 2 aliphatic rings. The lowest BCUT2D eigenvalue weighted by Gasteiger charge is -2.15. The van der Waals surface area contributed by atoms with Crippen molar-refractivity contribution in [3.63, 3.8) is 0 Å². The Bertz CT molecular complexity index is 690. The Morgan fingerprint density at radius 3 is 2.77 bits per heavy atom. The van der Waals surface area contributed by atoms with Gasteiger partial charge in [0.05, 0.1) is 12.7 Å². The first kappa shape index (κ1) is 24.7. The number of rotatable bonds is 10. The molecular weight excluding hydrogens is 515 g/mol. The summed E-state index contributed by atoms with van der Waals surface area (Å²) in [4.78, 5) is 4.14. The Balaban J connectivity index is 0.00000320. The molecule has 3 rings (SSSR count). The van der Waals surface area contributed by atoms with E-state index in [2.05, 4.69) is 20.4 Å². The van der Waals surface area contributed by atoms with Crippen molar-refractivity contribution in [3.8, 4) is 17.2 Å². The third kappa shape index (κ3) is 7.58. The summed E-state index contributed by atoms with van der Waals surface area (Å²) in [6.45, 7) is 0.0909. The van der Waals surface area contributed by atoms with Gasteiger partial charge in [-0.2, -0.15) is 8.78 Å². The fourth-order valence-electron chi connectivity index (χ4n) is 3.08. The molecule has 170 valence electrons. The van der Waals surface area contributed by atoms with Crippen LogP contribution in [0.15, 0.2) is 17.1 Å². The van der Waals surface area contributed by atoms with Crippen molar-refractivity contribution in [2.45, 2.75) is 38.5 Å². The maximum atomic E-state index is 12.7. The first-order valence-electron chi connectivity index (χ1n) is 9.67. The zero-order chi connectivity index (χ0) is 20.5. The third-order valence-electron chi connectivity index (χ3n) is 4.53. The van der Waals surface area contributed by atoms with Crippen molar-refractivity contribution in [2.24, 2.45) is 4.99 Å². The van der Waals surface area contributed by atoms with Gasteiger partial charge in [-0.05, 0) is 25.3 Å². The summed E-state index contributed by atoms with van der Waals surface area (Å²) in [7, 11) is 1.64. The topological polar surface area (TPSA) is 82.6 Å². The summed E-state index contributed by atoms with van der Waals surface area (Å²) in [5.41, 5.74) is 0.511. The van der Waals surface area contributed by atoms with Gasteiger partial charge in [-0.3, -0.25) is 4.99 Å². The van der Waals surface area contributed by atoms with E-state index in [-0.39, 0.29) is 49.2 Å². The van der Waals surface area contributed by atoms with Gasteiger partial charge in [-0.1, -0.05) is 0 Å². The third-order valence-corrected chi connectivity index (χ3v) is 4.53. The minimum atomic E-state index is -2.93. The molecular formula is C19H28F2IN3O5. The molecule has 0 radical (unpaired) electrons. The molecule has 2 aliphatic heterocycles. The number of fused-ring (bicyclic) bond motifs is 1. The lowest BCUT2D eigenvalue weighted by molar-refractivity contribution is -0.0505. The number of alkyl halides is 2. The van der Waals surface area contributed by atoms with Crippen LogP contribution in [0.25, 0.3) is 0 Å². The van der Waals surface area contributed by atoms with Crippen LogP contribution < -0.4 is 24.8 Å². The molecule has 8 nitrogen and oxygen atoms in total. The van der Waals surface area contributed by atoms with Crippen molar-refractivity contribution in [1.29, 1.82) is 0 Å². The van der Waals surface area contributed by atoms with E-state index in [9.17, 15) is 8.78 Å². The fourth-order valence-corrected chi connectivity index (χ4v) is 3.08. The Kier molecular flexibility index (Phi) is 10.6. The van der Waals surface area contributed by atoms with E-state index in [1.165, 1.54) is 6.07 Å². The minimum Gasteiger partial charge on any atom is -0.454 e. The van der Waals surface area contributed by atoms with Gasteiger partial charge in [0.1, 0.15) is 5.75 Å². The van der Waals surface area contributed by atoms with Gasteiger partial charge >= 0.3 is 6.61 Å². The molecule has 2 heterocycles. The Morgan fingerprint density at radius 1 is 1.27 bits per heavy atom. The number of nitrogens with one attached hydrogen (secondary N) is 2. The number of hydrogen-bond acceptors (Lipinski definition) is 6. The number of aliphatic imine (C=N–C) groups is 1. The highest BCUT2D eigenvalue weighted by molar-refractivity contribution is 14.0. The zero-order valence-electron chi connectivity index (χ0n) is 16.8. The molecule has 0 amide bonds. The summed E-state index contributed by atoms with van der Waals surface area (Å²) >= 11 is 0. The molecule has 2 N–H and O–H groups in total. The van der Waals surface area contributed by atoms with E-state index in [0.29, 0.717) is 42.8 Å². The van der Waals surface area contributed by atoms with Crippen LogP contribution in [-0.4, -0.2) is 58.9 Å². The monoisotopic (exact) mass is 543 g/mol. The fraction of sp³-hybridized carbons (Fsp3) is 0.632. The van der Waals surface area contributed by atoms with Gasteiger partial charge in [0.15, 0.2) is 17.5 Å². The predicted molar refractivity (Wildman–Crippen MR) is 117 cm³/mol. The number of hydrogen-bond donors (Lipinski definition) is 2. The van der Waals surface area contributed by atoms with Gasteiger partial charge in [-0.15, -0.1) is 24.0 Å². The molecule has 0 bridgehead atoms. The van der Waals surface area contributed by atoms with E-state index in [4.69, 9.17) is 18.9 Å². The second-order valence-corrected chi connectivity index (χ2v) is 6.61. The maximum absolute atomic E-state index is 12.7. The van der Waals surface area contributed by atoms with E-state index in [1.807, 2.05) is 0 Å². The molecule has 0 aromatic heterocycles. The van der Waals surface area contributed by atoms with Crippen LogP contribution in [0.1, 0.15) is 24.8 Å². The first-order valence-corrected chi connectivity index (χ1v) is 9.67. The summed E-state index contributed by atoms with van der Waals surface area (Å²) in [5.74, 6) is 1.46. The highest BCUT2D eigenvalue weighted by atomic mass is 127. The molecule has 0 aliphatic carbocycles. The van der Waals surface area contributed by atoms with Crippen LogP contribution in [0.3, 0.4) is 0 Å². The van der Waals surface area contributed by atoms with E-state index in [0.717, 1.165) is 25.9 Å². The first-order chi connectivity index (χ1) is 14.2. The van der Waals surface area contributed by atoms with Crippen molar-refractivity contribution in [1.82, 2.24) is 10.6 Å². The van der Waals surface area contributed by atoms with Crippen LogP contribution in [0.2, 0.25) is 0 Å². The molecule has 11 heteroatoms. The van der Waals surface area contributed by atoms with Crippen LogP contribution in [0.5, 0.6) is 17.2 Å². The molecule has 1 aromatic carbocycles. The molecule has 1 atom stereocenters. The lowest BCUT2D eigenvalue weighted by atomic mass is 10.1. The minimum absolute atomic E-state index is 0. The number of nitrogens with zero attached hydrogens (tertiary/aromatic N) is 1. The molecule has 1 saturated heterocycles. The van der Waals surface area contributed by atoms with E-state index < -0.39 is 6.61 Å². The molecule has 1 fully saturated rings. The summed E-state index contributed by atoms with van der Waals surface area (Å²) in [6, 6.07) is 3.03. The second-order valence-electron chi connectivity index (χ2n) is 6.61. The van der Waals surface area contributed by atoms with Crippen molar-refractivity contribution in [2.75, 3.05) is 40.2 Å². The summed E-state index contributed by atoms with van der Waals surface area (Å²) in [6.07, 6.45) is 3.19. The van der Waals surface area contributed by atoms with Crippen LogP contribution in [0, 0.1) is 0 Å². The Hall–Kier alpha value is -1.60. The molecule has 1 unspecified atom stereocenters. The normalized spacial score (nSPS) is 17.7. The average Bonchev–Trinajstić information content (AvgIpc) is 3.37. The second kappa shape index (κ2) is 13.0. The number of halogens is 3. The standard InChI is InChI=1S/C19H27F2N3O5.HI/c1-22-19(23-5-3-6-25-11-14-4-2-7-26-14)24-10-13-8-16-17(28-12-27-16)9-15(13)29-18(20)21;/h8-9,14,18H,2-7,10-12H2,1H3,(H2,22,23,24);1H. The highest BCUT2D eigenvalue weighted by Gasteiger charge is 2.20. The Labute approximate surface area is 191 Å². The van der Waals surface area contributed by atoms with Gasteiger partial charge < -0.3 is 34.3 Å². The molecule has 1 aromatic rings. The molecule has 0 saturated carbocycles. The van der Waals surface area contributed by atoms with Crippen molar-refractivity contribution < 1.29 is 32.5 Å². The Morgan fingerprint density at radius 2 is 2.07 bits per heavy atom. The van der Waals surface area contributed by atoms with Crippen molar-refractivity contribution in [3.05, 3.63) is 17.7 Å². The SMILES string of the molecule is CN=C(NCCCOCC1CCCO1)NCc1cc2c(cc1OC(F)F)OCO2.I. The molecule has 0 spiro atoms. The zero-order valence-corrected chi connectivity index (χ0v) is 19.2. The van der Waals surface area contributed by atoms with Crippen LogP contribution >= 0.6 is 24.0 Å². The van der Waals surface area contributed by atoms with Crippen molar-refractivity contribution >= 4 is 29.9 Å². The predicted octanol–water partition coefficient (Wildman–Crippen LogP) is 2.89. The quantitative estimate of drug-likeness (QED) is 0.203. The molecule has 30 heavy (non-hydrogen) atoms. The average molecular weight is 543 g/mol. The number of guanidine groups is 1. The maximum Gasteiger partial charge on any atom is 0.387 e. The highest BCUT2D eigenvalue weighted by Crippen LogP contribution is 2.38. The van der Waals surface area contributed by atoms with E-state index >= 15 is 0 Å². The lowest BCUT2D eigenvalue weighted by Crippen LogP contribution is -2.37. The largest absolute Gasteiger partial charge is 0.454 e. The van der Waals surface area contributed by atoms with Gasteiger partial charge in [-0.25, -0.2) is 0 Å². The number of benzene rings is 1. The van der Waals surface area contributed by atoms with Gasteiger partial charge in [0, 0.05) is 45.0 Å². The van der Waals surface area contributed by atoms with E-state index in [1.54, 1.807) is 13.1 Å². The smallest absolute Gasteiger partial charge is 0.387 e. The van der Waals surface area contributed by atoms with Gasteiger partial charge in [0.25, 0.3) is 0 Å².